The summed E-state index contributed by atoms with van der Waals surface area (Å²) in [5.41, 5.74) is 0. The lowest BCUT2D eigenvalue weighted by Crippen LogP contribution is -2.41. The Kier molecular flexibility index (Phi) is 4.93. The van der Waals surface area contributed by atoms with Crippen LogP contribution in [0.5, 0.6) is 0 Å². The van der Waals surface area contributed by atoms with Gasteiger partial charge in [-0.05, 0) is 33.1 Å². The number of hydrogen-bond acceptors (Lipinski definition) is 6. The molecule has 21 heavy (non-hydrogen) atoms. The van der Waals surface area contributed by atoms with Gasteiger partial charge in [-0.1, -0.05) is 12.1 Å². The second-order valence-electron chi connectivity index (χ2n) is 5.25. The standard InChI is InChI=1S/C14H21N3O4/c1-4-6-12(18)17-8-5-7-11(17)14(19)20-9(2)13-15-10(3)16-21-13/h9,11H,4-8H2,1-3H3/t9-,11+/m0/s1. The molecule has 0 saturated carbocycles. The zero-order valence-electron chi connectivity index (χ0n) is 12.7. The lowest BCUT2D eigenvalue weighted by atomic mass is 10.2. The van der Waals surface area contributed by atoms with Crippen molar-refractivity contribution in [1.82, 2.24) is 15.0 Å². The number of aromatic nitrogens is 2. The van der Waals surface area contributed by atoms with E-state index in [9.17, 15) is 9.59 Å². The van der Waals surface area contributed by atoms with Gasteiger partial charge in [-0.2, -0.15) is 4.98 Å². The first-order chi connectivity index (χ1) is 10.0. The molecule has 2 atom stereocenters. The van der Waals surface area contributed by atoms with Gasteiger partial charge < -0.3 is 14.2 Å². The van der Waals surface area contributed by atoms with Crippen LogP contribution in [-0.2, 0) is 14.3 Å². The Morgan fingerprint density at radius 2 is 2.29 bits per heavy atom. The molecule has 1 aromatic heterocycles. The second kappa shape index (κ2) is 6.69. The SMILES string of the molecule is CCCC(=O)N1CCC[C@@H]1C(=O)O[C@@H](C)c1nc(C)no1. The lowest BCUT2D eigenvalue weighted by molar-refractivity contribution is -0.158. The zero-order chi connectivity index (χ0) is 15.4. The quantitative estimate of drug-likeness (QED) is 0.770. The first-order valence-electron chi connectivity index (χ1n) is 7.33. The average molecular weight is 295 g/mol. The predicted molar refractivity (Wildman–Crippen MR) is 73.2 cm³/mol. The van der Waals surface area contributed by atoms with Crippen molar-refractivity contribution in [2.24, 2.45) is 0 Å². The topological polar surface area (TPSA) is 85.5 Å². The summed E-state index contributed by atoms with van der Waals surface area (Å²) in [6.07, 6.45) is 2.09. The Morgan fingerprint density at radius 3 is 2.90 bits per heavy atom. The van der Waals surface area contributed by atoms with Crippen molar-refractivity contribution in [3.8, 4) is 0 Å². The number of esters is 1. The van der Waals surface area contributed by atoms with Gasteiger partial charge in [0.05, 0.1) is 0 Å². The minimum atomic E-state index is -0.609. The van der Waals surface area contributed by atoms with E-state index in [2.05, 4.69) is 10.1 Å². The largest absolute Gasteiger partial charge is 0.451 e. The van der Waals surface area contributed by atoms with E-state index in [4.69, 9.17) is 9.26 Å². The summed E-state index contributed by atoms with van der Waals surface area (Å²) in [6, 6.07) is -0.490. The zero-order valence-corrected chi connectivity index (χ0v) is 12.7. The number of carbonyl (C=O) groups excluding carboxylic acids is 2. The fourth-order valence-electron chi connectivity index (χ4n) is 2.45. The van der Waals surface area contributed by atoms with E-state index in [0.29, 0.717) is 25.2 Å². The maximum Gasteiger partial charge on any atom is 0.329 e. The van der Waals surface area contributed by atoms with Gasteiger partial charge in [0.25, 0.3) is 5.89 Å². The fourth-order valence-corrected chi connectivity index (χ4v) is 2.45. The van der Waals surface area contributed by atoms with E-state index in [1.807, 2.05) is 6.92 Å². The van der Waals surface area contributed by atoms with E-state index in [-0.39, 0.29) is 11.8 Å². The minimum absolute atomic E-state index is 0.0123. The number of ether oxygens (including phenoxy) is 1. The molecule has 7 nitrogen and oxygen atoms in total. The molecule has 0 spiro atoms. The molecule has 0 radical (unpaired) electrons. The van der Waals surface area contributed by atoms with Crippen LogP contribution in [0.1, 0.15) is 57.3 Å². The van der Waals surface area contributed by atoms with E-state index in [0.717, 1.165) is 12.8 Å². The molecule has 116 valence electrons. The van der Waals surface area contributed by atoms with Crippen molar-refractivity contribution in [3.63, 3.8) is 0 Å². The summed E-state index contributed by atoms with van der Waals surface area (Å²) >= 11 is 0. The van der Waals surface area contributed by atoms with Crippen LogP contribution in [0.3, 0.4) is 0 Å². The highest BCUT2D eigenvalue weighted by molar-refractivity contribution is 5.85. The molecular weight excluding hydrogens is 274 g/mol. The molecule has 1 amide bonds. The van der Waals surface area contributed by atoms with Gasteiger partial charge in [0.2, 0.25) is 5.91 Å². The van der Waals surface area contributed by atoms with Crippen molar-refractivity contribution in [2.75, 3.05) is 6.54 Å². The summed E-state index contributed by atoms with van der Waals surface area (Å²) in [5.74, 6) is 0.373. The Hall–Kier alpha value is -1.92. The molecule has 1 aliphatic heterocycles. The van der Waals surface area contributed by atoms with E-state index < -0.39 is 18.1 Å². The number of aryl methyl sites for hydroxylation is 1. The maximum atomic E-state index is 12.2. The highest BCUT2D eigenvalue weighted by atomic mass is 16.6. The molecule has 0 aliphatic carbocycles. The van der Waals surface area contributed by atoms with Gasteiger partial charge in [0, 0.05) is 13.0 Å². The van der Waals surface area contributed by atoms with E-state index in [1.165, 1.54) is 0 Å². The van der Waals surface area contributed by atoms with Crippen LogP contribution in [-0.4, -0.2) is 39.5 Å². The van der Waals surface area contributed by atoms with Crippen LogP contribution in [0.25, 0.3) is 0 Å². The summed E-state index contributed by atoms with van der Waals surface area (Å²) in [7, 11) is 0. The van der Waals surface area contributed by atoms with Crippen LogP contribution in [0.2, 0.25) is 0 Å². The molecule has 0 N–H and O–H groups in total. The van der Waals surface area contributed by atoms with Crippen LogP contribution < -0.4 is 0 Å². The molecule has 0 unspecified atom stereocenters. The molecule has 1 aromatic rings. The van der Waals surface area contributed by atoms with Gasteiger partial charge in [-0.15, -0.1) is 0 Å². The van der Waals surface area contributed by atoms with E-state index in [1.54, 1.807) is 18.7 Å². The Balaban J connectivity index is 1.97. The lowest BCUT2D eigenvalue weighted by Gasteiger charge is -2.24. The molecule has 0 aromatic carbocycles. The number of amides is 1. The van der Waals surface area contributed by atoms with Gasteiger partial charge in [0.1, 0.15) is 6.04 Å². The number of nitrogens with zero attached hydrogens (tertiary/aromatic N) is 3. The summed E-state index contributed by atoms with van der Waals surface area (Å²) in [6.45, 7) is 5.94. The molecule has 1 aliphatic rings. The third-order valence-corrected chi connectivity index (χ3v) is 3.49. The van der Waals surface area contributed by atoms with Gasteiger partial charge in [0.15, 0.2) is 11.9 Å². The molecule has 1 fully saturated rings. The number of likely N-dealkylation sites (tertiary alicyclic amines) is 1. The molecule has 2 rings (SSSR count). The van der Waals surface area contributed by atoms with Gasteiger partial charge in [-0.3, -0.25) is 4.79 Å². The predicted octanol–water partition coefficient (Wildman–Crippen LogP) is 1.77. The number of hydrogen-bond donors (Lipinski definition) is 0. The summed E-state index contributed by atoms with van der Waals surface area (Å²) in [5, 5.41) is 3.67. The van der Waals surface area contributed by atoms with E-state index >= 15 is 0 Å². The highest BCUT2D eigenvalue weighted by Gasteiger charge is 2.36. The normalized spacial score (nSPS) is 19.6. The first-order valence-corrected chi connectivity index (χ1v) is 7.33. The smallest absolute Gasteiger partial charge is 0.329 e. The van der Waals surface area contributed by atoms with Crippen molar-refractivity contribution in [2.45, 2.75) is 58.6 Å². The summed E-state index contributed by atoms with van der Waals surface area (Å²) < 4.78 is 10.3. The Morgan fingerprint density at radius 1 is 1.52 bits per heavy atom. The molecule has 1 saturated heterocycles. The monoisotopic (exact) mass is 295 g/mol. The average Bonchev–Trinajstić information content (AvgIpc) is 3.07. The first kappa shape index (κ1) is 15.5. The van der Waals surface area contributed by atoms with Gasteiger partial charge in [-0.25, -0.2) is 4.79 Å². The van der Waals surface area contributed by atoms with Crippen LogP contribution in [0.15, 0.2) is 4.52 Å². The molecule has 2 heterocycles. The second-order valence-corrected chi connectivity index (χ2v) is 5.25. The number of rotatable bonds is 5. The Labute approximate surface area is 123 Å². The van der Waals surface area contributed by atoms with Crippen LogP contribution >= 0.6 is 0 Å². The van der Waals surface area contributed by atoms with Crippen molar-refractivity contribution in [3.05, 3.63) is 11.7 Å². The van der Waals surface area contributed by atoms with Gasteiger partial charge >= 0.3 is 5.97 Å². The third-order valence-electron chi connectivity index (χ3n) is 3.49. The van der Waals surface area contributed by atoms with Crippen molar-refractivity contribution >= 4 is 11.9 Å². The molecule has 7 heteroatoms. The van der Waals surface area contributed by atoms with Crippen molar-refractivity contribution < 1.29 is 18.8 Å². The van der Waals surface area contributed by atoms with Crippen LogP contribution in [0, 0.1) is 6.92 Å². The van der Waals surface area contributed by atoms with Crippen LogP contribution in [0.4, 0.5) is 0 Å². The fraction of sp³-hybridized carbons (Fsp3) is 0.714. The minimum Gasteiger partial charge on any atom is -0.451 e. The molecular formula is C14H21N3O4. The van der Waals surface area contributed by atoms with Crippen molar-refractivity contribution in [1.29, 1.82) is 0 Å². The third kappa shape index (κ3) is 3.59. The summed E-state index contributed by atoms with van der Waals surface area (Å²) in [4.78, 5) is 29.9. The highest BCUT2D eigenvalue weighted by Crippen LogP contribution is 2.23. The Bertz CT molecular complexity index is 514. The molecule has 0 bridgehead atoms. The number of carbonyl (C=O) groups is 2. The maximum absolute atomic E-state index is 12.2.